The van der Waals surface area contributed by atoms with Crippen molar-refractivity contribution in [2.75, 3.05) is 19.8 Å². The van der Waals surface area contributed by atoms with Crippen LogP contribution >= 0.6 is 0 Å². The molecule has 12 atom stereocenters. The lowest BCUT2D eigenvalue weighted by molar-refractivity contribution is -0.359. The first kappa shape index (κ1) is 61.8. The van der Waals surface area contributed by atoms with Crippen molar-refractivity contribution in [3.63, 3.8) is 0 Å². The molecule has 2 saturated heterocycles. The van der Waals surface area contributed by atoms with Crippen LogP contribution in [0.25, 0.3) is 0 Å². The largest absolute Gasteiger partial charge is 0.394 e. The van der Waals surface area contributed by atoms with Crippen LogP contribution in [0, 0.1) is 0 Å². The van der Waals surface area contributed by atoms with Gasteiger partial charge < -0.3 is 65.1 Å². The zero-order chi connectivity index (χ0) is 50.3. The summed E-state index contributed by atoms with van der Waals surface area (Å²) in [6.45, 7) is 2.52. The van der Waals surface area contributed by atoms with Gasteiger partial charge >= 0.3 is 0 Å². The van der Waals surface area contributed by atoms with Crippen molar-refractivity contribution in [3.05, 3.63) is 109 Å². The maximum Gasteiger partial charge on any atom is 0.220 e. The lowest BCUT2D eigenvalue weighted by Gasteiger charge is -2.46. The fraction of sp³-hybridized carbons (Fsp3) is 0.655. The first-order valence-corrected chi connectivity index (χ1v) is 25.6. The Morgan fingerprint density at radius 3 is 1.59 bits per heavy atom. The van der Waals surface area contributed by atoms with Crippen molar-refractivity contribution in [2.45, 2.75) is 209 Å². The number of unbranched alkanes of at least 4 members (excludes halogenated alkanes) is 8. The van der Waals surface area contributed by atoms with Crippen molar-refractivity contribution in [1.82, 2.24) is 5.32 Å². The molecule has 0 saturated carbocycles. The number of hydrogen-bond acceptors (Lipinski definition) is 13. The van der Waals surface area contributed by atoms with Gasteiger partial charge in [0.1, 0.15) is 48.8 Å². The Morgan fingerprint density at radius 1 is 0.536 bits per heavy atom. The summed E-state index contributed by atoms with van der Waals surface area (Å²) in [5, 5.41) is 86.4. The van der Waals surface area contributed by atoms with Gasteiger partial charge in [0.2, 0.25) is 5.91 Å². The van der Waals surface area contributed by atoms with Gasteiger partial charge in [0.05, 0.1) is 32.0 Å². The molecule has 2 aliphatic rings. The van der Waals surface area contributed by atoms with E-state index in [2.05, 4.69) is 116 Å². The smallest absolute Gasteiger partial charge is 0.220 e. The van der Waals surface area contributed by atoms with Gasteiger partial charge in [-0.05, 0) is 83.5 Å². The molecule has 0 aromatic rings. The molecule has 2 heterocycles. The molecule has 0 spiro atoms. The summed E-state index contributed by atoms with van der Waals surface area (Å²) in [4.78, 5) is 13.1. The Labute approximate surface area is 413 Å². The molecular weight excluding hydrogens is 883 g/mol. The molecule has 14 heteroatoms. The molecule has 12 unspecified atom stereocenters. The highest BCUT2D eigenvalue weighted by Crippen LogP contribution is 2.30. The summed E-state index contributed by atoms with van der Waals surface area (Å²) in [7, 11) is 0. The fourth-order valence-electron chi connectivity index (χ4n) is 7.50. The van der Waals surface area contributed by atoms with Crippen LogP contribution in [0.2, 0.25) is 0 Å². The number of rotatable bonds is 37. The zero-order valence-electron chi connectivity index (χ0n) is 41.5. The van der Waals surface area contributed by atoms with E-state index in [0.717, 1.165) is 103 Å². The predicted octanol–water partition coefficient (Wildman–Crippen LogP) is 6.93. The average molecular weight is 972 g/mol. The first-order valence-electron chi connectivity index (χ1n) is 25.6. The number of ether oxygens (including phenoxy) is 4. The second kappa shape index (κ2) is 40.3. The minimum atomic E-state index is -1.80. The second-order valence-electron chi connectivity index (χ2n) is 17.6. The highest BCUT2D eigenvalue weighted by Gasteiger charge is 2.51. The third-order valence-corrected chi connectivity index (χ3v) is 11.7. The standard InChI is InChI=1S/C55H89NO13/c1-3-5-7-9-11-13-14-15-16-17-18-19-20-21-22-23-24-25-26-27-28-29-30-31-33-35-37-39-47(60)56-43(44(59)38-36-34-32-12-10-8-6-4-2)42-66-54-52(65)50(63)53(46(41-58)68-54)69-55-51(64)49(62)48(61)45(40-57)67-55/h5,7,10-13,15-16,18-19,21-22,24-25,27-28,36,38,43-46,48-55,57-59,61-65H,3-4,6,8-9,14,17,20,23,26,29-35,37,39-42H2,1-2H3,(H,56,60)/b7-5-,12-10+,13-11-,16-15-,19-18-,22-21-,25-24-,28-27-,38-36+. The predicted molar refractivity (Wildman–Crippen MR) is 272 cm³/mol. The van der Waals surface area contributed by atoms with Crippen LogP contribution in [-0.4, -0.2) is 140 Å². The maximum absolute atomic E-state index is 13.1. The summed E-state index contributed by atoms with van der Waals surface area (Å²) in [5.74, 6) is -0.279. The van der Waals surface area contributed by atoms with Crippen molar-refractivity contribution in [1.29, 1.82) is 0 Å². The van der Waals surface area contributed by atoms with E-state index in [1.165, 1.54) is 0 Å². The van der Waals surface area contributed by atoms with Crippen molar-refractivity contribution in [3.8, 4) is 0 Å². The molecule has 392 valence electrons. The van der Waals surface area contributed by atoms with E-state index < -0.39 is 86.8 Å². The normalized spacial score (nSPS) is 27.1. The molecule has 0 radical (unpaired) electrons. The molecule has 69 heavy (non-hydrogen) atoms. The van der Waals surface area contributed by atoms with E-state index in [-0.39, 0.29) is 18.9 Å². The van der Waals surface area contributed by atoms with E-state index in [1.807, 2.05) is 6.08 Å². The Hall–Kier alpha value is -3.35. The van der Waals surface area contributed by atoms with Gasteiger partial charge in [0.15, 0.2) is 12.6 Å². The van der Waals surface area contributed by atoms with Crippen molar-refractivity contribution < 1.29 is 64.6 Å². The van der Waals surface area contributed by atoms with Crippen molar-refractivity contribution >= 4 is 5.91 Å². The van der Waals surface area contributed by atoms with Crippen LogP contribution in [0.15, 0.2) is 109 Å². The highest BCUT2D eigenvalue weighted by atomic mass is 16.7. The monoisotopic (exact) mass is 972 g/mol. The third-order valence-electron chi connectivity index (χ3n) is 11.7. The van der Waals surface area contributed by atoms with Gasteiger partial charge in [-0.1, -0.05) is 155 Å². The molecule has 0 aromatic heterocycles. The number of carbonyl (C=O) groups is 1. The molecule has 0 aromatic carbocycles. The molecular formula is C55H89NO13. The topological polar surface area (TPSA) is 228 Å². The number of allylic oxidation sites excluding steroid dienone is 17. The second-order valence-corrected chi connectivity index (χ2v) is 17.6. The highest BCUT2D eigenvalue weighted by molar-refractivity contribution is 5.76. The van der Waals surface area contributed by atoms with E-state index >= 15 is 0 Å². The lowest BCUT2D eigenvalue weighted by Crippen LogP contribution is -2.65. The lowest BCUT2D eigenvalue weighted by atomic mass is 9.97. The number of carbonyl (C=O) groups excluding carboxylic acids is 1. The Morgan fingerprint density at radius 2 is 1.01 bits per heavy atom. The maximum atomic E-state index is 13.1. The van der Waals surface area contributed by atoms with Gasteiger partial charge in [-0.2, -0.15) is 0 Å². The van der Waals surface area contributed by atoms with E-state index in [1.54, 1.807) is 6.08 Å². The molecule has 9 N–H and O–H groups in total. The molecule has 1 amide bonds. The first-order chi connectivity index (χ1) is 33.6. The van der Waals surface area contributed by atoms with Gasteiger partial charge in [-0.25, -0.2) is 0 Å². The van der Waals surface area contributed by atoms with E-state index in [4.69, 9.17) is 18.9 Å². The number of aliphatic hydroxyl groups excluding tert-OH is 8. The summed E-state index contributed by atoms with van der Waals surface area (Å²) in [6, 6.07) is -0.947. The third kappa shape index (κ3) is 27.2. The van der Waals surface area contributed by atoms with Crippen LogP contribution in [0.1, 0.15) is 136 Å². The Balaban J connectivity index is 1.75. The van der Waals surface area contributed by atoms with Crippen molar-refractivity contribution in [2.24, 2.45) is 0 Å². The minimum absolute atomic E-state index is 0.242. The summed E-state index contributed by atoms with van der Waals surface area (Å²) in [6.07, 6.45) is 38.7. The van der Waals surface area contributed by atoms with Gasteiger partial charge in [-0.3, -0.25) is 4.79 Å². The molecule has 0 aliphatic carbocycles. The molecule has 2 rings (SSSR count). The van der Waals surface area contributed by atoms with E-state index in [0.29, 0.717) is 12.8 Å². The SMILES string of the molecule is CC/C=C\C/C=C\C/C=C\C/C=C\C/C=C\C/C=C\C/C=C\CCCCCCCC(=O)NC(COC1OC(CO)C(OC2OC(CO)C(O)C(O)C2O)C(O)C1O)C(O)/C=C/CC/C=C/CCCC. The quantitative estimate of drug-likeness (QED) is 0.0228. The minimum Gasteiger partial charge on any atom is -0.394 e. The number of amides is 1. The molecule has 2 fully saturated rings. The van der Waals surface area contributed by atoms with Crippen LogP contribution in [0.4, 0.5) is 0 Å². The summed E-state index contributed by atoms with van der Waals surface area (Å²) in [5.41, 5.74) is 0. The fourth-order valence-corrected chi connectivity index (χ4v) is 7.50. The Kier molecular flexibility index (Phi) is 36.0. The number of nitrogens with one attached hydrogen (secondary N) is 1. The Bertz CT molecular complexity index is 1570. The molecule has 14 nitrogen and oxygen atoms in total. The van der Waals surface area contributed by atoms with Gasteiger partial charge in [0, 0.05) is 6.42 Å². The molecule has 0 bridgehead atoms. The van der Waals surface area contributed by atoms with Gasteiger partial charge in [0.25, 0.3) is 0 Å². The summed E-state index contributed by atoms with van der Waals surface area (Å²) < 4.78 is 22.6. The van der Waals surface area contributed by atoms with Crippen LogP contribution in [-0.2, 0) is 23.7 Å². The van der Waals surface area contributed by atoms with E-state index in [9.17, 15) is 45.6 Å². The van der Waals surface area contributed by atoms with Gasteiger partial charge in [-0.15, -0.1) is 0 Å². The zero-order valence-corrected chi connectivity index (χ0v) is 41.5. The number of hydrogen-bond donors (Lipinski definition) is 9. The van der Waals surface area contributed by atoms with Crippen LogP contribution in [0.5, 0.6) is 0 Å². The van der Waals surface area contributed by atoms with Crippen LogP contribution < -0.4 is 5.32 Å². The molecule has 2 aliphatic heterocycles. The summed E-state index contributed by atoms with van der Waals surface area (Å²) >= 11 is 0. The number of aliphatic hydroxyl groups is 8. The average Bonchev–Trinajstić information content (AvgIpc) is 3.35. The van der Waals surface area contributed by atoms with Crippen LogP contribution in [0.3, 0.4) is 0 Å².